The van der Waals surface area contributed by atoms with Crippen molar-refractivity contribution in [2.45, 2.75) is 25.9 Å². The molecule has 1 unspecified atom stereocenters. The first kappa shape index (κ1) is 19.8. The van der Waals surface area contributed by atoms with Crippen LogP contribution in [0.5, 0.6) is 5.75 Å². The number of aromatic nitrogens is 3. The van der Waals surface area contributed by atoms with Gasteiger partial charge in [-0.1, -0.05) is 12.1 Å². The second kappa shape index (κ2) is 8.39. The minimum atomic E-state index is -0.146. The first-order valence-electron chi connectivity index (χ1n) is 9.32. The van der Waals surface area contributed by atoms with Gasteiger partial charge in [0.2, 0.25) is 0 Å². The molecule has 1 aromatic carbocycles. The second-order valence-corrected chi connectivity index (χ2v) is 7.28. The van der Waals surface area contributed by atoms with E-state index in [-0.39, 0.29) is 18.0 Å². The van der Waals surface area contributed by atoms with Crippen LogP contribution in [0.2, 0.25) is 0 Å². The molecule has 3 aromatic rings. The summed E-state index contributed by atoms with van der Waals surface area (Å²) in [6.45, 7) is 4.59. The van der Waals surface area contributed by atoms with Crippen molar-refractivity contribution in [1.82, 2.24) is 25.0 Å². The Kier molecular flexibility index (Phi) is 5.94. The molecule has 0 spiro atoms. The Balaban J connectivity index is 1.73. The lowest BCUT2D eigenvalue weighted by molar-refractivity contribution is 0.0941. The molecule has 0 bridgehead atoms. The van der Waals surface area contributed by atoms with Crippen molar-refractivity contribution < 1.29 is 9.53 Å². The minimum absolute atomic E-state index is 0.0511. The van der Waals surface area contributed by atoms with Crippen molar-refractivity contribution in [1.29, 1.82) is 0 Å². The van der Waals surface area contributed by atoms with Crippen LogP contribution >= 0.6 is 0 Å². The summed E-state index contributed by atoms with van der Waals surface area (Å²) in [6, 6.07) is 10.00. The molecule has 0 radical (unpaired) electrons. The molecule has 1 atom stereocenters. The van der Waals surface area contributed by atoms with Gasteiger partial charge in [0.1, 0.15) is 5.75 Å². The van der Waals surface area contributed by atoms with E-state index in [9.17, 15) is 4.79 Å². The Hall–Kier alpha value is -2.93. The Morgan fingerprint density at radius 1 is 1.21 bits per heavy atom. The Morgan fingerprint density at radius 2 is 1.93 bits per heavy atom. The molecule has 0 aliphatic rings. The number of carbonyl (C=O) groups is 1. The van der Waals surface area contributed by atoms with Gasteiger partial charge in [-0.2, -0.15) is 5.10 Å². The number of fused-ring (bicyclic) bond motifs is 1. The van der Waals surface area contributed by atoms with Crippen LogP contribution in [0.15, 0.2) is 42.7 Å². The summed E-state index contributed by atoms with van der Waals surface area (Å²) in [7, 11) is 5.64. The second-order valence-electron chi connectivity index (χ2n) is 7.28. The zero-order chi connectivity index (χ0) is 20.3. The average molecular weight is 381 g/mol. The van der Waals surface area contributed by atoms with Crippen LogP contribution in [0.4, 0.5) is 0 Å². The van der Waals surface area contributed by atoms with E-state index in [1.807, 2.05) is 49.1 Å². The molecule has 1 N–H and O–H groups in total. The van der Waals surface area contributed by atoms with Crippen molar-refractivity contribution >= 4 is 16.9 Å². The fourth-order valence-electron chi connectivity index (χ4n) is 3.16. The van der Waals surface area contributed by atoms with Gasteiger partial charge in [-0.25, -0.2) is 9.67 Å². The number of nitrogens with one attached hydrogen (secondary N) is 1. The number of benzene rings is 1. The van der Waals surface area contributed by atoms with Crippen LogP contribution in [-0.2, 0) is 0 Å². The summed E-state index contributed by atoms with van der Waals surface area (Å²) in [6.07, 6.45) is 3.36. The fourth-order valence-corrected chi connectivity index (χ4v) is 3.16. The molecule has 0 saturated heterocycles. The number of nitrogens with zero attached hydrogens (tertiary/aromatic N) is 4. The molecule has 1 amide bonds. The van der Waals surface area contributed by atoms with Gasteiger partial charge in [0.05, 0.1) is 24.9 Å². The molecule has 2 heterocycles. The van der Waals surface area contributed by atoms with E-state index in [1.54, 1.807) is 19.5 Å². The maximum atomic E-state index is 12.7. The van der Waals surface area contributed by atoms with E-state index in [4.69, 9.17) is 4.74 Å². The highest BCUT2D eigenvalue weighted by atomic mass is 16.5. The number of hydrogen-bond acceptors (Lipinski definition) is 5. The third-order valence-corrected chi connectivity index (χ3v) is 4.76. The molecule has 7 heteroatoms. The summed E-state index contributed by atoms with van der Waals surface area (Å²) in [5.74, 6) is 0.665. The van der Waals surface area contributed by atoms with Crippen molar-refractivity contribution in [2.24, 2.45) is 0 Å². The van der Waals surface area contributed by atoms with Crippen molar-refractivity contribution in [2.75, 3.05) is 27.7 Å². The number of pyridine rings is 1. The largest absolute Gasteiger partial charge is 0.497 e. The Labute approximate surface area is 165 Å². The van der Waals surface area contributed by atoms with Crippen LogP contribution in [-0.4, -0.2) is 53.3 Å². The van der Waals surface area contributed by atoms with Crippen molar-refractivity contribution in [3.63, 3.8) is 0 Å². The van der Waals surface area contributed by atoms with Crippen LogP contribution < -0.4 is 10.1 Å². The number of methoxy groups -OCH3 is 1. The molecule has 28 heavy (non-hydrogen) atoms. The Morgan fingerprint density at radius 3 is 2.54 bits per heavy atom. The zero-order valence-corrected chi connectivity index (χ0v) is 17.0. The number of carbonyl (C=O) groups excluding carboxylic acids is 1. The fraction of sp³-hybridized carbons (Fsp3) is 0.381. The third kappa shape index (κ3) is 4.14. The minimum Gasteiger partial charge on any atom is -0.497 e. The summed E-state index contributed by atoms with van der Waals surface area (Å²) < 4.78 is 7.07. The lowest BCUT2D eigenvalue weighted by Crippen LogP contribution is -2.34. The molecule has 7 nitrogen and oxygen atoms in total. The van der Waals surface area contributed by atoms with E-state index in [0.717, 1.165) is 22.3 Å². The van der Waals surface area contributed by atoms with Crippen LogP contribution in [0, 0.1) is 0 Å². The number of hydrogen-bond donors (Lipinski definition) is 1. The molecule has 0 aliphatic carbocycles. The zero-order valence-electron chi connectivity index (χ0n) is 17.0. The van der Waals surface area contributed by atoms with Gasteiger partial charge in [0, 0.05) is 24.2 Å². The van der Waals surface area contributed by atoms with E-state index in [2.05, 4.69) is 34.1 Å². The Bertz CT molecular complexity index is 947. The third-order valence-electron chi connectivity index (χ3n) is 4.76. The quantitative estimate of drug-likeness (QED) is 0.681. The SMILES string of the molecule is COc1ccc(C(CNC(=O)c2cnc3c(cnn3C(C)C)c2)N(C)C)cc1. The highest BCUT2D eigenvalue weighted by Crippen LogP contribution is 2.21. The highest BCUT2D eigenvalue weighted by Gasteiger charge is 2.17. The number of ether oxygens (including phenoxy) is 1. The van der Waals surface area contributed by atoms with E-state index in [0.29, 0.717) is 12.1 Å². The summed E-state index contributed by atoms with van der Waals surface area (Å²) in [5.41, 5.74) is 2.43. The number of amides is 1. The number of likely N-dealkylation sites (N-methyl/N-ethyl adjacent to an activating group) is 1. The van der Waals surface area contributed by atoms with E-state index in [1.165, 1.54) is 0 Å². The van der Waals surface area contributed by atoms with Gasteiger partial charge in [-0.05, 0) is 51.7 Å². The summed E-state index contributed by atoms with van der Waals surface area (Å²) >= 11 is 0. The summed E-state index contributed by atoms with van der Waals surface area (Å²) in [4.78, 5) is 19.2. The smallest absolute Gasteiger partial charge is 0.252 e. The van der Waals surface area contributed by atoms with Gasteiger partial charge < -0.3 is 15.0 Å². The monoisotopic (exact) mass is 381 g/mol. The first-order valence-corrected chi connectivity index (χ1v) is 9.32. The molecule has 2 aromatic heterocycles. The average Bonchev–Trinajstić information content (AvgIpc) is 3.11. The molecule has 0 aliphatic heterocycles. The van der Waals surface area contributed by atoms with Crippen LogP contribution in [0.25, 0.3) is 11.0 Å². The standard InChI is InChI=1S/C21H27N5O2/c1-14(2)26-20-16(12-24-26)10-17(11-22-20)21(27)23-13-19(25(3)4)15-6-8-18(28-5)9-7-15/h6-12,14,19H,13H2,1-5H3,(H,23,27). The normalized spacial score (nSPS) is 12.5. The van der Waals surface area contributed by atoms with Crippen LogP contribution in [0.3, 0.4) is 0 Å². The van der Waals surface area contributed by atoms with Gasteiger partial charge in [0.25, 0.3) is 5.91 Å². The van der Waals surface area contributed by atoms with Gasteiger partial charge in [0.15, 0.2) is 5.65 Å². The van der Waals surface area contributed by atoms with Crippen LogP contribution in [0.1, 0.15) is 41.9 Å². The number of rotatable bonds is 7. The molecule has 148 valence electrons. The molecule has 3 rings (SSSR count). The predicted molar refractivity (Wildman–Crippen MR) is 110 cm³/mol. The lowest BCUT2D eigenvalue weighted by atomic mass is 10.1. The van der Waals surface area contributed by atoms with E-state index < -0.39 is 0 Å². The molecule has 0 fully saturated rings. The van der Waals surface area contributed by atoms with Gasteiger partial charge in [-0.3, -0.25) is 4.79 Å². The topological polar surface area (TPSA) is 72.3 Å². The maximum absolute atomic E-state index is 12.7. The summed E-state index contributed by atoms with van der Waals surface area (Å²) in [5, 5.41) is 8.24. The molecular formula is C21H27N5O2. The molecule has 0 saturated carbocycles. The van der Waals surface area contributed by atoms with Gasteiger partial charge >= 0.3 is 0 Å². The van der Waals surface area contributed by atoms with Gasteiger partial charge in [-0.15, -0.1) is 0 Å². The first-order chi connectivity index (χ1) is 13.4. The van der Waals surface area contributed by atoms with E-state index >= 15 is 0 Å². The molecular weight excluding hydrogens is 354 g/mol. The predicted octanol–water partition coefficient (Wildman–Crippen LogP) is 3.05. The van der Waals surface area contributed by atoms with Crippen molar-refractivity contribution in [3.05, 3.63) is 53.9 Å². The highest BCUT2D eigenvalue weighted by molar-refractivity contribution is 5.96. The maximum Gasteiger partial charge on any atom is 0.252 e. The van der Waals surface area contributed by atoms with Crippen molar-refractivity contribution in [3.8, 4) is 5.75 Å². The lowest BCUT2D eigenvalue weighted by Gasteiger charge is -2.25.